The van der Waals surface area contributed by atoms with Crippen LogP contribution in [0.3, 0.4) is 0 Å². The molecule has 0 saturated heterocycles. The molecule has 0 radical (unpaired) electrons. The molecule has 20 heavy (non-hydrogen) atoms. The summed E-state index contributed by atoms with van der Waals surface area (Å²) in [7, 11) is 5.64. The molecule has 1 aromatic rings. The molecule has 2 N–H and O–H groups in total. The monoisotopic (exact) mass is 279 g/mol. The highest BCUT2D eigenvalue weighted by molar-refractivity contribution is 5.33. The Balaban J connectivity index is 2.34. The van der Waals surface area contributed by atoms with Crippen LogP contribution < -0.4 is 4.74 Å². The smallest absolute Gasteiger partial charge is 0.119 e. The van der Waals surface area contributed by atoms with Crippen LogP contribution in [0.25, 0.3) is 0 Å². The molecule has 0 amide bonds. The third kappa shape index (κ3) is 3.14. The molecule has 0 aromatic heterocycles. The molecule has 4 heteroatoms. The molecule has 1 saturated carbocycles. The van der Waals surface area contributed by atoms with Gasteiger partial charge in [0.1, 0.15) is 5.75 Å². The number of benzene rings is 1. The summed E-state index contributed by atoms with van der Waals surface area (Å²) < 4.78 is 5.25. The number of hydrogen-bond donors (Lipinski definition) is 2. The van der Waals surface area contributed by atoms with E-state index >= 15 is 0 Å². The Morgan fingerprint density at radius 2 is 2.10 bits per heavy atom. The predicted octanol–water partition coefficient (Wildman–Crippen LogP) is 1.61. The maximum Gasteiger partial charge on any atom is 0.119 e. The van der Waals surface area contributed by atoms with Crippen molar-refractivity contribution in [1.29, 1.82) is 0 Å². The molecule has 0 aliphatic heterocycles. The van der Waals surface area contributed by atoms with Gasteiger partial charge in [-0.3, -0.25) is 0 Å². The van der Waals surface area contributed by atoms with Crippen LogP contribution in [0.5, 0.6) is 5.75 Å². The average molecular weight is 279 g/mol. The molecule has 0 unspecified atom stereocenters. The molecule has 1 aliphatic rings. The van der Waals surface area contributed by atoms with Crippen molar-refractivity contribution in [2.75, 3.05) is 27.7 Å². The minimum absolute atomic E-state index is 0.119. The van der Waals surface area contributed by atoms with E-state index in [1.807, 2.05) is 38.4 Å². The number of aliphatic hydroxyl groups is 2. The molecule has 3 atom stereocenters. The van der Waals surface area contributed by atoms with Gasteiger partial charge >= 0.3 is 0 Å². The Bertz CT molecular complexity index is 449. The third-order valence-electron chi connectivity index (χ3n) is 4.23. The number of hydrogen-bond acceptors (Lipinski definition) is 4. The first-order valence-corrected chi connectivity index (χ1v) is 7.15. The number of ether oxygens (including phenoxy) is 1. The van der Waals surface area contributed by atoms with E-state index in [0.29, 0.717) is 6.42 Å². The molecular weight excluding hydrogens is 254 g/mol. The maximum absolute atomic E-state index is 11.2. The second-order valence-corrected chi connectivity index (χ2v) is 6.05. The van der Waals surface area contributed by atoms with Crippen LogP contribution in [-0.2, 0) is 5.60 Å². The first-order valence-electron chi connectivity index (χ1n) is 7.15. The van der Waals surface area contributed by atoms with E-state index in [-0.39, 0.29) is 5.92 Å². The number of aliphatic hydroxyl groups excluding tert-OH is 1. The normalized spacial score (nSPS) is 30.5. The predicted molar refractivity (Wildman–Crippen MR) is 78.8 cm³/mol. The molecule has 0 heterocycles. The van der Waals surface area contributed by atoms with E-state index in [0.717, 1.165) is 30.7 Å². The fraction of sp³-hybridized carbons (Fsp3) is 0.625. The van der Waals surface area contributed by atoms with Crippen LogP contribution in [0.4, 0.5) is 0 Å². The lowest BCUT2D eigenvalue weighted by molar-refractivity contribution is -0.0992. The van der Waals surface area contributed by atoms with Gasteiger partial charge < -0.3 is 19.8 Å². The molecule has 0 spiro atoms. The van der Waals surface area contributed by atoms with Crippen LogP contribution >= 0.6 is 0 Å². The SMILES string of the molecule is COc1cccc([C@@]2(O)C[C@H](O)CC[C@@H]2CN(C)C)c1. The van der Waals surface area contributed by atoms with E-state index in [4.69, 9.17) is 4.74 Å². The van der Waals surface area contributed by atoms with Gasteiger partial charge in [-0.1, -0.05) is 12.1 Å². The minimum atomic E-state index is -0.990. The van der Waals surface area contributed by atoms with Gasteiger partial charge in [-0.05, 0) is 44.6 Å². The van der Waals surface area contributed by atoms with Crippen molar-refractivity contribution < 1.29 is 14.9 Å². The second-order valence-electron chi connectivity index (χ2n) is 6.05. The molecule has 112 valence electrons. The van der Waals surface area contributed by atoms with E-state index in [9.17, 15) is 10.2 Å². The largest absolute Gasteiger partial charge is 0.497 e. The third-order valence-corrected chi connectivity index (χ3v) is 4.23. The maximum atomic E-state index is 11.2. The summed E-state index contributed by atoms with van der Waals surface area (Å²) in [5, 5.41) is 21.2. The molecule has 1 fully saturated rings. The number of methoxy groups -OCH3 is 1. The first kappa shape index (κ1) is 15.3. The number of nitrogens with zero attached hydrogens (tertiary/aromatic N) is 1. The summed E-state index contributed by atoms with van der Waals surface area (Å²) in [5.41, 5.74) is -0.154. The van der Waals surface area contributed by atoms with E-state index in [1.54, 1.807) is 7.11 Å². The summed E-state index contributed by atoms with van der Waals surface area (Å²) in [6, 6.07) is 7.55. The van der Waals surface area contributed by atoms with E-state index in [2.05, 4.69) is 4.90 Å². The average Bonchev–Trinajstić information content (AvgIpc) is 2.42. The van der Waals surface area contributed by atoms with Crippen molar-refractivity contribution in [2.24, 2.45) is 5.92 Å². The number of rotatable bonds is 4. The lowest BCUT2D eigenvalue weighted by Crippen LogP contribution is -2.46. The van der Waals surface area contributed by atoms with Crippen molar-refractivity contribution in [2.45, 2.75) is 31.0 Å². The zero-order valence-corrected chi connectivity index (χ0v) is 12.5. The van der Waals surface area contributed by atoms with Gasteiger partial charge in [0.15, 0.2) is 0 Å². The molecular formula is C16H25NO3. The zero-order valence-electron chi connectivity index (χ0n) is 12.5. The van der Waals surface area contributed by atoms with Gasteiger partial charge in [0.25, 0.3) is 0 Å². The highest BCUT2D eigenvalue weighted by Gasteiger charge is 2.43. The highest BCUT2D eigenvalue weighted by Crippen LogP contribution is 2.42. The van der Waals surface area contributed by atoms with Crippen LogP contribution in [-0.4, -0.2) is 49.0 Å². The van der Waals surface area contributed by atoms with Gasteiger partial charge in [0.2, 0.25) is 0 Å². The zero-order chi connectivity index (χ0) is 14.8. The van der Waals surface area contributed by atoms with Crippen molar-refractivity contribution in [3.8, 4) is 5.75 Å². The standard InChI is InChI=1S/C16H25NO3/c1-17(2)11-13-7-8-14(18)10-16(13,19)12-5-4-6-15(9-12)20-3/h4-6,9,13-14,18-19H,7-8,10-11H2,1-3H3/t13-,14-,16+/m1/s1. The summed E-state index contributed by atoms with van der Waals surface area (Å²) in [5.74, 6) is 0.854. The Morgan fingerprint density at radius 1 is 1.35 bits per heavy atom. The topological polar surface area (TPSA) is 52.9 Å². The minimum Gasteiger partial charge on any atom is -0.497 e. The summed E-state index contributed by atoms with van der Waals surface area (Å²) in [4.78, 5) is 2.09. The van der Waals surface area contributed by atoms with Crippen LogP contribution in [0.15, 0.2) is 24.3 Å². The van der Waals surface area contributed by atoms with Crippen molar-refractivity contribution in [3.05, 3.63) is 29.8 Å². The molecule has 4 nitrogen and oxygen atoms in total. The van der Waals surface area contributed by atoms with Gasteiger partial charge in [0, 0.05) is 18.9 Å². The molecule has 2 rings (SSSR count). The van der Waals surface area contributed by atoms with Crippen molar-refractivity contribution in [1.82, 2.24) is 4.90 Å². The lowest BCUT2D eigenvalue weighted by atomic mass is 9.70. The van der Waals surface area contributed by atoms with Crippen LogP contribution in [0.2, 0.25) is 0 Å². The summed E-state index contributed by atoms with van der Waals surface area (Å²) >= 11 is 0. The van der Waals surface area contributed by atoms with Crippen molar-refractivity contribution in [3.63, 3.8) is 0 Å². The van der Waals surface area contributed by atoms with Gasteiger partial charge in [0.05, 0.1) is 18.8 Å². The quantitative estimate of drug-likeness (QED) is 0.879. The molecule has 0 bridgehead atoms. The Hall–Kier alpha value is -1.10. The van der Waals surface area contributed by atoms with Gasteiger partial charge in [-0.25, -0.2) is 0 Å². The van der Waals surface area contributed by atoms with Crippen molar-refractivity contribution >= 4 is 0 Å². The Morgan fingerprint density at radius 3 is 2.75 bits per heavy atom. The van der Waals surface area contributed by atoms with Gasteiger partial charge in [-0.15, -0.1) is 0 Å². The Labute approximate surface area is 121 Å². The summed E-state index contributed by atoms with van der Waals surface area (Å²) in [6.45, 7) is 0.806. The molecule has 1 aliphatic carbocycles. The first-order chi connectivity index (χ1) is 9.45. The second kappa shape index (κ2) is 6.12. The van der Waals surface area contributed by atoms with E-state index in [1.165, 1.54) is 0 Å². The molecule has 1 aromatic carbocycles. The van der Waals surface area contributed by atoms with Crippen LogP contribution in [0.1, 0.15) is 24.8 Å². The Kier molecular flexibility index (Phi) is 4.68. The fourth-order valence-electron chi connectivity index (χ4n) is 3.19. The van der Waals surface area contributed by atoms with Crippen LogP contribution in [0, 0.1) is 5.92 Å². The summed E-state index contributed by atoms with van der Waals surface area (Å²) in [6.07, 6.45) is 1.53. The fourth-order valence-corrected chi connectivity index (χ4v) is 3.19. The highest BCUT2D eigenvalue weighted by atomic mass is 16.5. The lowest BCUT2D eigenvalue weighted by Gasteiger charge is -2.43. The van der Waals surface area contributed by atoms with E-state index < -0.39 is 11.7 Å². The van der Waals surface area contributed by atoms with Gasteiger partial charge in [-0.2, -0.15) is 0 Å².